The van der Waals surface area contributed by atoms with E-state index in [4.69, 9.17) is 0 Å². The molecule has 0 bridgehead atoms. The number of nitrogens with zero attached hydrogens (tertiary/aromatic N) is 1. The highest BCUT2D eigenvalue weighted by Crippen LogP contribution is 2.21. The summed E-state index contributed by atoms with van der Waals surface area (Å²) < 4.78 is 0. The van der Waals surface area contributed by atoms with Gasteiger partial charge in [0, 0.05) is 31.7 Å². The van der Waals surface area contributed by atoms with Crippen molar-refractivity contribution < 1.29 is 9.59 Å². The molecule has 0 aromatic rings. The molecular weight excluding hydrogens is 316 g/mol. The van der Waals surface area contributed by atoms with E-state index in [9.17, 15) is 9.59 Å². The Hall–Kier alpha value is -1.46. The van der Waals surface area contributed by atoms with Crippen molar-refractivity contribution in [1.82, 2.24) is 20.9 Å². The molecule has 2 fully saturated rings. The minimum atomic E-state index is -0.0707. The highest BCUT2D eigenvalue weighted by atomic mass is 16.2. The number of nitrogens with one attached hydrogen (secondary N) is 3. The van der Waals surface area contributed by atoms with Crippen molar-refractivity contribution in [3.8, 4) is 0 Å². The Morgan fingerprint density at radius 2 is 1.76 bits per heavy atom. The second-order valence-corrected chi connectivity index (χ2v) is 7.71. The molecule has 6 nitrogen and oxygen atoms in total. The first kappa shape index (κ1) is 19.9. The third kappa shape index (κ3) is 7.12. The summed E-state index contributed by atoms with van der Waals surface area (Å²) >= 11 is 0. The number of hydrogen-bond acceptors (Lipinski definition) is 2. The number of rotatable bonds is 6. The third-order valence-corrected chi connectivity index (χ3v) is 5.66. The molecule has 2 rings (SSSR count). The van der Waals surface area contributed by atoms with Crippen LogP contribution in [0, 0.1) is 5.92 Å². The molecule has 0 unspecified atom stereocenters. The lowest BCUT2D eigenvalue weighted by Gasteiger charge is -2.34. The van der Waals surface area contributed by atoms with Crippen LogP contribution in [0.4, 0.5) is 9.59 Å². The summed E-state index contributed by atoms with van der Waals surface area (Å²) in [5.74, 6) is 0.600. The summed E-state index contributed by atoms with van der Waals surface area (Å²) in [6, 6.07) is 0.646. The standard InChI is InChI=1S/C19H36N4O2/c1-3-15(2)21-18(24)20-12-9-16-10-13-23(14-11-16)19(25)22-17-7-5-4-6-8-17/h15-17H,3-14H2,1-2H3,(H,22,25)(H2,20,21,24)/t15-/m1/s1. The van der Waals surface area contributed by atoms with Crippen LogP contribution in [-0.4, -0.2) is 48.7 Å². The molecule has 0 spiro atoms. The first-order chi connectivity index (χ1) is 12.1. The van der Waals surface area contributed by atoms with E-state index in [1.165, 1.54) is 19.3 Å². The second kappa shape index (κ2) is 10.5. The van der Waals surface area contributed by atoms with E-state index in [2.05, 4.69) is 22.9 Å². The van der Waals surface area contributed by atoms with Crippen LogP contribution in [0.1, 0.15) is 71.6 Å². The van der Waals surface area contributed by atoms with Crippen molar-refractivity contribution in [2.75, 3.05) is 19.6 Å². The maximum absolute atomic E-state index is 12.4. The van der Waals surface area contributed by atoms with Crippen molar-refractivity contribution in [3.05, 3.63) is 0 Å². The van der Waals surface area contributed by atoms with E-state index >= 15 is 0 Å². The molecule has 1 saturated carbocycles. The summed E-state index contributed by atoms with van der Waals surface area (Å²) in [5, 5.41) is 9.06. The molecule has 0 aromatic heterocycles. The maximum Gasteiger partial charge on any atom is 0.317 e. The monoisotopic (exact) mass is 352 g/mol. The fourth-order valence-electron chi connectivity index (χ4n) is 3.70. The van der Waals surface area contributed by atoms with Crippen LogP contribution in [-0.2, 0) is 0 Å². The number of carbonyl (C=O) groups is 2. The Kier molecular flexibility index (Phi) is 8.35. The fourth-order valence-corrected chi connectivity index (χ4v) is 3.70. The van der Waals surface area contributed by atoms with Crippen LogP contribution in [0.2, 0.25) is 0 Å². The quantitative estimate of drug-likeness (QED) is 0.686. The van der Waals surface area contributed by atoms with Gasteiger partial charge in [-0.3, -0.25) is 0 Å². The zero-order valence-electron chi connectivity index (χ0n) is 16.0. The van der Waals surface area contributed by atoms with Crippen LogP contribution >= 0.6 is 0 Å². The lowest BCUT2D eigenvalue weighted by molar-refractivity contribution is 0.162. The van der Waals surface area contributed by atoms with Gasteiger partial charge >= 0.3 is 12.1 Å². The SMILES string of the molecule is CC[C@@H](C)NC(=O)NCCC1CCN(C(=O)NC2CCCCC2)CC1. The average molecular weight is 353 g/mol. The predicted octanol–water partition coefficient (Wildman–Crippen LogP) is 3.23. The first-order valence-electron chi connectivity index (χ1n) is 10.2. The molecule has 6 heteroatoms. The molecule has 144 valence electrons. The predicted molar refractivity (Wildman–Crippen MR) is 101 cm³/mol. The van der Waals surface area contributed by atoms with Gasteiger partial charge in [-0.1, -0.05) is 26.2 Å². The smallest absolute Gasteiger partial charge is 0.317 e. The molecule has 1 saturated heterocycles. The molecule has 0 aromatic carbocycles. The summed E-state index contributed by atoms with van der Waals surface area (Å²) in [6.45, 7) is 6.45. The van der Waals surface area contributed by atoms with Crippen LogP contribution in [0.3, 0.4) is 0 Å². The minimum absolute atomic E-state index is 0.0707. The lowest BCUT2D eigenvalue weighted by Crippen LogP contribution is -2.48. The van der Waals surface area contributed by atoms with Gasteiger partial charge in [-0.05, 0) is 51.4 Å². The molecule has 4 amide bonds. The third-order valence-electron chi connectivity index (χ3n) is 5.66. The van der Waals surface area contributed by atoms with Gasteiger partial charge in [0.25, 0.3) is 0 Å². The van der Waals surface area contributed by atoms with Crippen molar-refractivity contribution >= 4 is 12.1 Å². The van der Waals surface area contributed by atoms with Gasteiger partial charge in [-0.25, -0.2) is 9.59 Å². The zero-order chi connectivity index (χ0) is 18.1. The average Bonchev–Trinajstić information content (AvgIpc) is 2.63. The highest BCUT2D eigenvalue weighted by Gasteiger charge is 2.24. The summed E-state index contributed by atoms with van der Waals surface area (Å²) in [7, 11) is 0. The van der Waals surface area contributed by atoms with Gasteiger partial charge < -0.3 is 20.9 Å². The van der Waals surface area contributed by atoms with Gasteiger partial charge in [0.05, 0.1) is 0 Å². The Morgan fingerprint density at radius 1 is 1.08 bits per heavy atom. The number of piperidine rings is 1. The molecular formula is C19H36N4O2. The largest absolute Gasteiger partial charge is 0.338 e. The summed E-state index contributed by atoms with van der Waals surface area (Å²) in [5.41, 5.74) is 0. The summed E-state index contributed by atoms with van der Waals surface area (Å²) in [6.07, 6.45) is 10.1. The second-order valence-electron chi connectivity index (χ2n) is 7.71. The van der Waals surface area contributed by atoms with E-state index in [1.807, 2.05) is 11.8 Å². The summed E-state index contributed by atoms with van der Waals surface area (Å²) in [4.78, 5) is 26.0. The molecule has 25 heavy (non-hydrogen) atoms. The zero-order valence-corrected chi connectivity index (χ0v) is 16.0. The van der Waals surface area contributed by atoms with Crippen molar-refractivity contribution in [1.29, 1.82) is 0 Å². The Balaban J connectivity index is 1.57. The van der Waals surface area contributed by atoms with Gasteiger partial charge in [0.1, 0.15) is 0 Å². The van der Waals surface area contributed by atoms with Crippen LogP contribution in [0.5, 0.6) is 0 Å². The first-order valence-corrected chi connectivity index (χ1v) is 10.2. The van der Waals surface area contributed by atoms with Gasteiger partial charge in [-0.2, -0.15) is 0 Å². The van der Waals surface area contributed by atoms with Gasteiger partial charge in [0.2, 0.25) is 0 Å². The van der Waals surface area contributed by atoms with E-state index in [1.54, 1.807) is 0 Å². The van der Waals surface area contributed by atoms with Gasteiger partial charge in [0.15, 0.2) is 0 Å². The Bertz CT molecular complexity index is 416. The number of amides is 4. The molecule has 1 aliphatic heterocycles. The number of carbonyl (C=O) groups excluding carboxylic acids is 2. The van der Waals surface area contributed by atoms with E-state index < -0.39 is 0 Å². The van der Waals surface area contributed by atoms with E-state index in [-0.39, 0.29) is 18.1 Å². The highest BCUT2D eigenvalue weighted by molar-refractivity contribution is 5.74. The molecule has 3 N–H and O–H groups in total. The minimum Gasteiger partial charge on any atom is -0.338 e. The van der Waals surface area contributed by atoms with Crippen LogP contribution in [0.25, 0.3) is 0 Å². The Labute approximate surface area is 152 Å². The number of hydrogen-bond donors (Lipinski definition) is 3. The molecule has 0 radical (unpaired) electrons. The van der Waals surface area contributed by atoms with Gasteiger partial charge in [-0.15, -0.1) is 0 Å². The maximum atomic E-state index is 12.4. The molecule has 1 aliphatic carbocycles. The van der Waals surface area contributed by atoms with Crippen molar-refractivity contribution in [3.63, 3.8) is 0 Å². The van der Waals surface area contributed by atoms with Crippen LogP contribution < -0.4 is 16.0 Å². The topological polar surface area (TPSA) is 73.5 Å². The molecule has 2 aliphatic rings. The van der Waals surface area contributed by atoms with Crippen LogP contribution in [0.15, 0.2) is 0 Å². The Morgan fingerprint density at radius 3 is 2.40 bits per heavy atom. The fraction of sp³-hybridized carbons (Fsp3) is 0.895. The van der Waals surface area contributed by atoms with E-state index in [0.717, 1.165) is 51.6 Å². The van der Waals surface area contributed by atoms with Crippen molar-refractivity contribution in [2.24, 2.45) is 5.92 Å². The number of urea groups is 2. The lowest BCUT2D eigenvalue weighted by atomic mass is 9.93. The normalized spacial score (nSPS) is 20.8. The van der Waals surface area contributed by atoms with E-state index in [0.29, 0.717) is 18.5 Å². The molecule has 1 atom stereocenters. The number of likely N-dealkylation sites (tertiary alicyclic amines) is 1. The van der Waals surface area contributed by atoms with Crippen molar-refractivity contribution in [2.45, 2.75) is 83.7 Å². The molecule has 1 heterocycles.